The summed E-state index contributed by atoms with van der Waals surface area (Å²) in [5.41, 5.74) is 1.30. The van der Waals surface area contributed by atoms with Gasteiger partial charge < -0.3 is 5.32 Å². The van der Waals surface area contributed by atoms with Gasteiger partial charge in [0.05, 0.1) is 11.4 Å². The molecule has 2 aromatic rings. The van der Waals surface area contributed by atoms with Gasteiger partial charge in [0.1, 0.15) is 5.01 Å². The van der Waals surface area contributed by atoms with Crippen LogP contribution in [-0.4, -0.2) is 11.5 Å². The number of halogens is 1. The van der Waals surface area contributed by atoms with Crippen molar-refractivity contribution in [1.29, 1.82) is 0 Å². The second kappa shape index (κ2) is 5.61. The van der Waals surface area contributed by atoms with Gasteiger partial charge in [-0.05, 0) is 24.3 Å². The van der Waals surface area contributed by atoms with Crippen LogP contribution < -0.4 is 5.32 Å². The third kappa shape index (κ3) is 2.88. The molecule has 1 aromatic heterocycles. The molecule has 0 aliphatic carbocycles. The van der Waals surface area contributed by atoms with E-state index in [-0.39, 0.29) is 0 Å². The minimum absolute atomic E-state index is 0.787. The second-order valence-electron chi connectivity index (χ2n) is 4.15. The third-order valence-electron chi connectivity index (χ3n) is 2.82. The van der Waals surface area contributed by atoms with Crippen LogP contribution >= 0.6 is 34.7 Å². The largest absolute Gasteiger partial charge is 0.311 e. The first-order valence-electron chi connectivity index (χ1n) is 5.88. The molecule has 0 saturated heterocycles. The van der Waals surface area contributed by atoms with Crippen molar-refractivity contribution in [2.45, 2.75) is 23.6 Å². The molecule has 1 N–H and O–H groups in total. The highest BCUT2D eigenvalue weighted by Crippen LogP contribution is 2.28. The van der Waals surface area contributed by atoms with E-state index < -0.39 is 0 Å². The molecule has 0 atom stereocenters. The Morgan fingerprint density at radius 1 is 1.33 bits per heavy atom. The average Bonchev–Trinajstić information content (AvgIpc) is 2.81. The van der Waals surface area contributed by atoms with E-state index in [9.17, 15) is 0 Å². The van der Waals surface area contributed by atoms with E-state index >= 15 is 0 Å². The highest BCUT2D eigenvalue weighted by Gasteiger charge is 2.14. The summed E-state index contributed by atoms with van der Waals surface area (Å²) in [4.78, 5) is 7.37. The van der Waals surface area contributed by atoms with E-state index in [1.165, 1.54) is 20.5 Å². The molecule has 0 fully saturated rings. The summed E-state index contributed by atoms with van der Waals surface area (Å²) in [6, 6.07) is 7.98. The number of benzene rings is 1. The fourth-order valence-corrected chi connectivity index (χ4v) is 4.02. The lowest BCUT2D eigenvalue weighted by molar-refractivity contribution is 0.643. The quantitative estimate of drug-likeness (QED) is 0.874. The van der Waals surface area contributed by atoms with Crippen LogP contribution in [0, 0.1) is 0 Å². The molecule has 3 rings (SSSR count). The molecule has 0 saturated carbocycles. The number of rotatable bonds is 3. The zero-order chi connectivity index (χ0) is 12.4. The second-order valence-corrected chi connectivity index (χ2v) is 6.80. The van der Waals surface area contributed by atoms with Crippen LogP contribution in [-0.2, 0) is 18.7 Å². The van der Waals surface area contributed by atoms with Gasteiger partial charge in [-0.25, -0.2) is 4.98 Å². The van der Waals surface area contributed by atoms with Gasteiger partial charge >= 0.3 is 0 Å². The van der Waals surface area contributed by atoms with E-state index in [0.717, 1.165) is 30.3 Å². The van der Waals surface area contributed by atoms with Crippen molar-refractivity contribution < 1.29 is 0 Å². The summed E-state index contributed by atoms with van der Waals surface area (Å²) in [5.74, 6) is 0.944. The van der Waals surface area contributed by atoms with Gasteiger partial charge in [0.15, 0.2) is 0 Å². The van der Waals surface area contributed by atoms with Gasteiger partial charge in [-0.2, -0.15) is 0 Å². The van der Waals surface area contributed by atoms with Crippen LogP contribution in [0.1, 0.15) is 15.6 Å². The van der Waals surface area contributed by atoms with Crippen molar-refractivity contribution in [2.24, 2.45) is 0 Å². The zero-order valence-corrected chi connectivity index (χ0v) is 12.2. The highest BCUT2D eigenvalue weighted by molar-refractivity contribution is 7.98. The monoisotopic (exact) mass is 296 g/mol. The Labute approximate surface area is 120 Å². The van der Waals surface area contributed by atoms with Crippen molar-refractivity contribution in [3.8, 4) is 0 Å². The van der Waals surface area contributed by atoms with Gasteiger partial charge in [0, 0.05) is 34.3 Å². The molecule has 2 nitrogen and oxygen atoms in total. The molecule has 5 heteroatoms. The van der Waals surface area contributed by atoms with Gasteiger partial charge in [0.25, 0.3) is 0 Å². The SMILES string of the molecule is Clc1ccc(SCc2nc3c(s2)CNCC3)cc1. The number of thiazole rings is 1. The van der Waals surface area contributed by atoms with Crippen LogP contribution in [0.5, 0.6) is 0 Å². The molecule has 0 spiro atoms. The molecule has 94 valence electrons. The van der Waals surface area contributed by atoms with Crippen LogP contribution in [0.2, 0.25) is 5.02 Å². The first-order valence-corrected chi connectivity index (χ1v) is 8.06. The first-order chi connectivity index (χ1) is 8.81. The van der Waals surface area contributed by atoms with E-state index in [1.54, 1.807) is 0 Å². The number of fused-ring (bicyclic) bond motifs is 1. The summed E-state index contributed by atoms with van der Waals surface area (Å²) >= 11 is 9.52. The van der Waals surface area contributed by atoms with Crippen LogP contribution in [0.15, 0.2) is 29.2 Å². The maximum Gasteiger partial charge on any atom is 0.103 e. The van der Waals surface area contributed by atoms with Crippen molar-refractivity contribution in [3.05, 3.63) is 44.9 Å². The van der Waals surface area contributed by atoms with E-state index in [0.29, 0.717) is 0 Å². The number of thioether (sulfide) groups is 1. The summed E-state index contributed by atoms with van der Waals surface area (Å²) < 4.78 is 0. The predicted octanol–water partition coefficient (Wildman–Crippen LogP) is 3.73. The van der Waals surface area contributed by atoms with E-state index in [1.807, 2.05) is 35.2 Å². The smallest absolute Gasteiger partial charge is 0.103 e. The predicted molar refractivity (Wildman–Crippen MR) is 78.5 cm³/mol. The zero-order valence-electron chi connectivity index (χ0n) is 9.78. The van der Waals surface area contributed by atoms with Gasteiger partial charge in [-0.1, -0.05) is 11.6 Å². The number of aromatic nitrogens is 1. The van der Waals surface area contributed by atoms with Crippen LogP contribution in [0.25, 0.3) is 0 Å². The van der Waals surface area contributed by atoms with Gasteiger partial charge in [0.2, 0.25) is 0 Å². The van der Waals surface area contributed by atoms with Crippen molar-refractivity contribution in [1.82, 2.24) is 10.3 Å². The van der Waals surface area contributed by atoms with Crippen molar-refractivity contribution >= 4 is 34.7 Å². The molecule has 0 bridgehead atoms. The van der Waals surface area contributed by atoms with Crippen LogP contribution in [0.3, 0.4) is 0 Å². The molecule has 1 aliphatic rings. The molecule has 0 unspecified atom stereocenters. The number of hydrogen-bond donors (Lipinski definition) is 1. The molecule has 18 heavy (non-hydrogen) atoms. The maximum absolute atomic E-state index is 5.87. The molecule has 1 aliphatic heterocycles. The Morgan fingerprint density at radius 3 is 2.94 bits per heavy atom. The lowest BCUT2D eigenvalue weighted by atomic mass is 10.2. The highest BCUT2D eigenvalue weighted by atomic mass is 35.5. The minimum Gasteiger partial charge on any atom is -0.311 e. The molecule has 1 aromatic carbocycles. The summed E-state index contributed by atoms with van der Waals surface area (Å²) in [6.45, 7) is 2.04. The Morgan fingerprint density at radius 2 is 2.17 bits per heavy atom. The van der Waals surface area contributed by atoms with Gasteiger partial charge in [-0.15, -0.1) is 23.1 Å². The van der Waals surface area contributed by atoms with Crippen LogP contribution in [0.4, 0.5) is 0 Å². The third-order valence-corrected chi connectivity index (χ3v) is 5.38. The van der Waals surface area contributed by atoms with Crippen molar-refractivity contribution in [3.63, 3.8) is 0 Å². The molecular weight excluding hydrogens is 284 g/mol. The van der Waals surface area contributed by atoms with E-state index in [4.69, 9.17) is 16.6 Å². The van der Waals surface area contributed by atoms with Crippen molar-refractivity contribution in [2.75, 3.05) is 6.54 Å². The number of hydrogen-bond acceptors (Lipinski definition) is 4. The molecule has 2 heterocycles. The minimum atomic E-state index is 0.787. The summed E-state index contributed by atoms with van der Waals surface area (Å²) in [7, 11) is 0. The maximum atomic E-state index is 5.87. The Hall–Kier alpha value is -0.550. The summed E-state index contributed by atoms with van der Waals surface area (Å²) in [5, 5.41) is 5.40. The van der Waals surface area contributed by atoms with E-state index in [2.05, 4.69) is 17.4 Å². The first kappa shape index (κ1) is 12.5. The Kier molecular flexibility index (Phi) is 3.89. The topological polar surface area (TPSA) is 24.9 Å². The Bertz CT molecular complexity index is 513. The Balaban J connectivity index is 1.66. The molecular formula is C13H13ClN2S2. The fourth-order valence-electron chi connectivity index (χ4n) is 1.92. The standard InChI is InChI=1S/C13H13ClN2S2/c14-9-1-3-10(4-2-9)17-8-13-16-11-5-6-15-7-12(11)18-13/h1-4,15H,5-8H2. The normalized spacial score (nSPS) is 14.5. The number of nitrogens with one attached hydrogen (secondary N) is 1. The summed E-state index contributed by atoms with van der Waals surface area (Å²) in [6.07, 6.45) is 1.07. The average molecular weight is 297 g/mol. The fraction of sp³-hybridized carbons (Fsp3) is 0.308. The molecule has 0 amide bonds. The lowest BCUT2D eigenvalue weighted by Crippen LogP contribution is -2.22. The number of nitrogens with zero attached hydrogens (tertiary/aromatic N) is 1. The van der Waals surface area contributed by atoms with Gasteiger partial charge in [-0.3, -0.25) is 0 Å². The lowest BCUT2D eigenvalue weighted by Gasteiger charge is -2.09. The molecule has 0 radical (unpaired) electrons.